The van der Waals surface area contributed by atoms with Crippen LogP contribution in [0.1, 0.15) is 16.4 Å². The van der Waals surface area contributed by atoms with E-state index in [1.54, 1.807) is 12.3 Å². The van der Waals surface area contributed by atoms with Crippen LogP contribution >= 0.6 is 11.3 Å². The highest BCUT2D eigenvalue weighted by Crippen LogP contribution is 2.20. The van der Waals surface area contributed by atoms with Crippen LogP contribution in [-0.4, -0.2) is 20.0 Å². The van der Waals surface area contributed by atoms with Crippen molar-refractivity contribution < 1.29 is 0 Å². The number of hydrogen-bond donors (Lipinski definition) is 0. The molecule has 102 valence electrons. The molecule has 1 aromatic carbocycles. The molecule has 2 aromatic heterocycles. The Hall–Kier alpha value is -2.78. The number of nitriles is 1. The van der Waals surface area contributed by atoms with Crippen LogP contribution in [0.15, 0.2) is 41.9 Å². The molecule has 3 rings (SSSR count). The molecule has 0 aliphatic rings. The Morgan fingerprint density at radius 2 is 2.14 bits per heavy atom. The maximum Gasteiger partial charge on any atom is 0.134 e. The third-order valence-corrected chi connectivity index (χ3v) is 3.75. The van der Waals surface area contributed by atoms with Crippen LogP contribution < -0.4 is 0 Å². The van der Waals surface area contributed by atoms with Crippen molar-refractivity contribution in [2.24, 2.45) is 0 Å². The Labute approximate surface area is 125 Å². The van der Waals surface area contributed by atoms with Crippen molar-refractivity contribution in [3.05, 3.63) is 58.3 Å². The fourth-order valence-electron chi connectivity index (χ4n) is 1.79. The van der Waals surface area contributed by atoms with Gasteiger partial charge in [0.05, 0.1) is 17.5 Å². The van der Waals surface area contributed by atoms with Crippen molar-refractivity contribution in [1.29, 1.82) is 5.26 Å². The minimum absolute atomic E-state index is 0.494. The van der Waals surface area contributed by atoms with E-state index >= 15 is 0 Å². The number of aryl methyl sites for hydroxylation is 1. The van der Waals surface area contributed by atoms with Crippen LogP contribution in [-0.2, 0) is 0 Å². The SMILES string of the molecule is Cc1csc(C(C#N)=Cc2cnn(-c3ccccc3)n2)n1. The van der Waals surface area contributed by atoms with Crippen molar-refractivity contribution in [3.8, 4) is 11.8 Å². The quantitative estimate of drug-likeness (QED) is 0.696. The third kappa shape index (κ3) is 2.88. The van der Waals surface area contributed by atoms with Gasteiger partial charge in [-0.05, 0) is 25.1 Å². The van der Waals surface area contributed by atoms with Crippen molar-refractivity contribution in [2.45, 2.75) is 6.92 Å². The highest BCUT2D eigenvalue weighted by molar-refractivity contribution is 7.11. The van der Waals surface area contributed by atoms with Gasteiger partial charge >= 0.3 is 0 Å². The molecule has 0 saturated heterocycles. The number of thiazole rings is 1. The number of hydrogen-bond acceptors (Lipinski definition) is 5. The summed E-state index contributed by atoms with van der Waals surface area (Å²) in [6.07, 6.45) is 3.33. The molecule has 0 fully saturated rings. The second-order valence-corrected chi connectivity index (χ2v) is 5.22. The van der Waals surface area contributed by atoms with Gasteiger partial charge in [0.1, 0.15) is 16.8 Å². The molecule has 2 heterocycles. The van der Waals surface area contributed by atoms with E-state index in [9.17, 15) is 5.26 Å². The van der Waals surface area contributed by atoms with Gasteiger partial charge in [0.15, 0.2) is 0 Å². The van der Waals surface area contributed by atoms with E-state index in [-0.39, 0.29) is 0 Å². The average molecular weight is 293 g/mol. The molecule has 0 bridgehead atoms. The predicted molar refractivity (Wildman–Crippen MR) is 81.7 cm³/mol. The molecule has 0 aliphatic carbocycles. The lowest BCUT2D eigenvalue weighted by Crippen LogP contribution is -1.97. The van der Waals surface area contributed by atoms with E-state index in [1.165, 1.54) is 16.1 Å². The fourth-order valence-corrected chi connectivity index (χ4v) is 2.56. The Balaban J connectivity index is 1.93. The zero-order chi connectivity index (χ0) is 14.7. The zero-order valence-corrected chi connectivity index (χ0v) is 12.1. The van der Waals surface area contributed by atoms with Gasteiger partial charge in [0.25, 0.3) is 0 Å². The predicted octanol–water partition coefficient (Wildman–Crippen LogP) is 3.10. The van der Waals surface area contributed by atoms with Gasteiger partial charge in [-0.15, -0.1) is 16.4 Å². The van der Waals surface area contributed by atoms with Crippen LogP contribution in [0.5, 0.6) is 0 Å². The Morgan fingerprint density at radius 3 is 2.81 bits per heavy atom. The highest BCUT2D eigenvalue weighted by Gasteiger charge is 2.07. The third-order valence-electron chi connectivity index (χ3n) is 2.76. The van der Waals surface area contributed by atoms with E-state index in [2.05, 4.69) is 21.3 Å². The molecule has 0 radical (unpaired) electrons. The molecule has 6 heteroatoms. The summed E-state index contributed by atoms with van der Waals surface area (Å²) in [6.45, 7) is 1.90. The minimum atomic E-state index is 0.494. The molecule has 0 atom stereocenters. The second kappa shape index (κ2) is 5.69. The van der Waals surface area contributed by atoms with Gasteiger partial charge in [-0.2, -0.15) is 15.2 Å². The Kier molecular flexibility index (Phi) is 3.58. The van der Waals surface area contributed by atoms with Gasteiger partial charge in [-0.3, -0.25) is 0 Å². The van der Waals surface area contributed by atoms with Crippen molar-refractivity contribution in [3.63, 3.8) is 0 Å². The summed E-state index contributed by atoms with van der Waals surface area (Å²) in [4.78, 5) is 5.85. The van der Waals surface area contributed by atoms with Crippen molar-refractivity contribution in [2.75, 3.05) is 0 Å². The molecular formula is C15H11N5S. The number of aromatic nitrogens is 4. The van der Waals surface area contributed by atoms with Crippen LogP contribution in [0.4, 0.5) is 0 Å². The van der Waals surface area contributed by atoms with Gasteiger partial charge in [-0.25, -0.2) is 4.98 Å². The summed E-state index contributed by atoms with van der Waals surface area (Å²) >= 11 is 1.45. The number of nitrogens with zero attached hydrogens (tertiary/aromatic N) is 5. The summed E-state index contributed by atoms with van der Waals surface area (Å²) in [6, 6.07) is 11.8. The lowest BCUT2D eigenvalue weighted by atomic mass is 10.2. The van der Waals surface area contributed by atoms with E-state index in [0.29, 0.717) is 16.3 Å². The smallest absolute Gasteiger partial charge is 0.134 e. The first-order chi connectivity index (χ1) is 10.3. The summed E-state index contributed by atoms with van der Waals surface area (Å²) in [5.41, 5.74) is 2.90. The number of allylic oxidation sites excluding steroid dienone is 1. The standard InChI is InChI=1S/C15H11N5S/c1-11-10-21-15(18-11)12(8-16)7-13-9-17-20(19-13)14-5-3-2-4-6-14/h2-7,9-10H,1H3. The lowest BCUT2D eigenvalue weighted by Gasteiger charge is -1.96. The largest absolute Gasteiger partial charge is 0.241 e. The Morgan fingerprint density at radius 1 is 1.33 bits per heavy atom. The summed E-state index contributed by atoms with van der Waals surface area (Å²) in [5.74, 6) is 0. The van der Waals surface area contributed by atoms with Crippen molar-refractivity contribution in [1.82, 2.24) is 20.0 Å². The summed E-state index contributed by atoms with van der Waals surface area (Å²) < 4.78 is 0. The Bertz CT molecular complexity index is 823. The summed E-state index contributed by atoms with van der Waals surface area (Å²) in [5, 5.41) is 20.4. The molecule has 5 nitrogen and oxygen atoms in total. The van der Waals surface area contributed by atoms with Crippen LogP contribution in [0.3, 0.4) is 0 Å². The van der Waals surface area contributed by atoms with Gasteiger partial charge in [-0.1, -0.05) is 18.2 Å². The topological polar surface area (TPSA) is 67.4 Å². The van der Waals surface area contributed by atoms with Crippen LogP contribution in [0.2, 0.25) is 0 Å². The first-order valence-corrected chi connectivity index (χ1v) is 7.16. The molecular weight excluding hydrogens is 282 g/mol. The van der Waals surface area contributed by atoms with Gasteiger partial charge in [0, 0.05) is 11.1 Å². The highest BCUT2D eigenvalue weighted by atomic mass is 32.1. The van der Waals surface area contributed by atoms with E-state index in [4.69, 9.17) is 0 Å². The lowest BCUT2D eigenvalue weighted by molar-refractivity contribution is 0.750. The second-order valence-electron chi connectivity index (χ2n) is 4.36. The molecule has 0 aliphatic heterocycles. The first-order valence-electron chi connectivity index (χ1n) is 6.28. The molecule has 0 unspecified atom stereocenters. The normalized spacial score (nSPS) is 11.3. The maximum atomic E-state index is 9.27. The molecule has 21 heavy (non-hydrogen) atoms. The number of rotatable bonds is 3. The molecule has 3 aromatic rings. The molecule has 0 saturated carbocycles. The first kappa shape index (κ1) is 13.2. The monoisotopic (exact) mass is 293 g/mol. The summed E-state index contributed by atoms with van der Waals surface area (Å²) in [7, 11) is 0. The number of para-hydroxylation sites is 1. The number of benzene rings is 1. The average Bonchev–Trinajstić information content (AvgIpc) is 3.15. The molecule has 0 spiro atoms. The minimum Gasteiger partial charge on any atom is -0.241 e. The fraction of sp³-hybridized carbons (Fsp3) is 0.0667. The van der Waals surface area contributed by atoms with Gasteiger partial charge in [0.2, 0.25) is 0 Å². The molecule has 0 amide bonds. The van der Waals surface area contributed by atoms with E-state index in [1.807, 2.05) is 42.6 Å². The zero-order valence-electron chi connectivity index (χ0n) is 11.3. The maximum absolute atomic E-state index is 9.27. The van der Waals surface area contributed by atoms with Gasteiger partial charge < -0.3 is 0 Å². The van der Waals surface area contributed by atoms with Crippen LogP contribution in [0.25, 0.3) is 17.3 Å². The molecule has 0 N–H and O–H groups in total. The van der Waals surface area contributed by atoms with E-state index in [0.717, 1.165) is 11.4 Å². The van der Waals surface area contributed by atoms with E-state index < -0.39 is 0 Å². The van der Waals surface area contributed by atoms with Crippen LogP contribution in [0, 0.1) is 18.3 Å². The van der Waals surface area contributed by atoms with Crippen molar-refractivity contribution >= 4 is 23.0 Å².